The molecule has 4 nitrogen and oxygen atoms in total. The molecule has 1 aliphatic heterocycles. The molecule has 1 heterocycles. The first-order valence-corrected chi connectivity index (χ1v) is 10.4. The van der Waals surface area contributed by atoms with Gasteiger partial charge in [-0.05, 0) is 67.2 Å². The largest absolute Gasteiger partial charge is 0.495 e. The number of methoxy groups -OCH3 is 1. The molecular formula is C23H30N2O2S. The molecule has 0 bridgehead atoms. The van der Waals surface area contributed by atoms with Crippen molar-refractivity contribution in [1.82, 2.24) is 4.90 Å². The molecule has 5 heteroatoms. The second kappa shape index (κ2) is 9.89. The quantitative estimate of drug-likeness (QED) is 0.668. The van der Waals surface area contributed by atoms with Gasteiger partial charge in [0.05, 0.1) is 18.9 Å². The van der Waals surface area contributed by atoms with Crippen LogP contribution >= 0.6 is 12.2 Å². The maximum absolute atomic E-state index is 5.86. The number of thiocarbonyl (C=S) groups is 1. The lowest BCUT2D eigenvalue weighted by Gasteiger charge is -2.29. The number of benzene rings is 2. The molecule has 1 N–H and O–H groups in total. The van der Waals surface area contributed by atoms with Crippen molar-refractivity contribution in [3.63, 3.8) is 0 Å². The van der Waals surface area contributed by atoms with Gasteiger partial charge in [-0.25, -0.2) is 0 Å². The van der Waals surface area contributed by atoms with Crippen LogP contribution in [0.5, 0.6) is 5.75 Å². The summed E-state index contributed by atoms with van der Waals surface area (Å²) in [5.74, 6) is 0.798. The summed E-state index contributed by atoms with van der Waals surface area (Å²) in [7, 11) is 1.68. The topological polar surface area (TPSA) is 33.7 Å². The third-order valence-electron chi connectivity index (χ3n) is 5.14. The van der Waals surface area contributed by atoms with Crippen LogP contribution in [-0.2, 0) is 17.7 Å². The zero-order chi connectivity index (χ0) is 19.9. The van der Waals surface area contributed by atoms with Crippen molar-refractivity contribution in [3.05, 3.63) is 59.2 Å². The Kier molecular flexibility index (Phi) is 7.29. The summed E-state index contributed by atoms with van der Waals surface area (Å²) in [6.45, 7) is 6.61. The highest BCUT2D eigenvalue weighted by molar-refractivity contribution is 7.80. The molecule has 0 amide bonds. The van der Waals surface area contributed by atoms with Gasteiger partial charge in [0, 0.05) is 19.7 Å². The first-order chi connectivity index (χ1) is 13.6. The molecule has 0 radical (unpaired) electrons. The van der Waals surface area contributed by atoms with Gasteiger partial charge in [-0.15, -0.1) is 0 Å². The molecule has 1 aliphatic rings. The van der Waals surface area contributed by atoms with Gasteiger partial charge >= 0.3 is 0 Å². The number of nitrogens with one attached hydrogen (secondary N) is 1. The van der Waals surface area contributed by atoms with Crippen molar-refractivity contribution < 1.29 is 9.47 Å². The van der Waals surface area contributed by atoms with E-state index in [4.69, 9.17) is 21.7 Å². The fraction of sp³-hybridized carbons (Fsp3) is 0.435. The molecule has 0 spiro atoms. The van der Waals surface area contributed by atoms with Crippen molar-refractivity contribution >= 4 is 23.0 Å². The summed E-state index contributed by atoms with van der Waals surface area (Å²) >= 11 is 5.78. The number of rotatable bonds is 7. The Morgan fingerprint density at radius 1 is 1.21 bits per heavy atom. The third-order valence-corrected chi connectivity index (χ3v) is 5.50. The fourth-order valence-electron chi connectivity index (χ4n) is 3.45. The van der Waals surface area contributed by atoms with Crippen LogP contribution in [0, 0.1) is 6.92 Å². The number of hydrogen-bond acceptors (Lipinski definition) is 3. The summed E-state index contributed by atoms with van der Waals surface area (Å²) < 4.78 is 11.4. The summed E-state index contributed by atoms with van der Waals surface area (Å²) in [6, 6.07) is 14.9. The maximum atomic E-state index is 5.86. The Balaban J connectivity index is 1.75. The summed E-state index contributed by atoms with van der Waals surface area (Å²) in [6.07, 6.45) is 3.49. The predicted molar refractivity (Wildman–Crippen MR) is 119 cm³/mol. The molecule has 0 aromatic heterocycles. The standard InChI is InChI=1S/C23H30N2O2S/c1-4-18-8-10-19(11-9-18)15-25(16-20-6-5-13-27-20)23(28)24-21-12-7-17(2)14-22(21)26-3/h7-12,14,20H,4-6,13,15-16H2,1-3H3,(H,24,28). The Morgan fingerprint density at radius 2 is 1.96 bits per heavy atom. The predicted octanol–water partition coefficient (Wildman–Crippen LogP) is 4.94. The van der Waals surface area contributed by atoms with Crippen LogP contribution in [0.3, 0.4) is 0 Å². The molecule has 1 fully saturated rings. The van der Waals surface area contributed by atoms with Gasteiger partial charge in [0.15, 0.2) is 5.11 Å². The number of hydrogen-bond donors (Lipinski definition) is 1. The summed E-state index contributed by atoms with van der Waals surface area (Å²) in [5.41, 5.74) is 4.63. The smallest absolute Gasteiger partial charge is 0.173 e. The van der Waals surface area contributed by atoms with Gasteiger partial charge in [-0.1, -0.05) is 37.3 Å². The normalized spacial score (nSPS) is 16.0. The molecule has 0 aliphatic carbocycles. The van der Waals surface area contributed by atoms with E-state index in [0.717, 1.165) is 56.0 Å². The lowest BCUT2D eigenvalue weighted by Crippen LogP contribution is -2.39. The average Bonchev–Trinajstić information content (AvgIpc) is 3.22. The number of anilines is 1. The fourth-order valence-corrected chi connectivity index (χ4v) is 3.70. The second-order valence-corrected chi connectivity index (χ2v) is 7.71. The summed E-state index contributed by atoms with van der Waals surface area (Å²) in [5, 5.41) is 4.07. The monoisotopic (exact) mass is 398 g/mol. The maximum Gasteiger partial charge on any atom is 0.173 e. The van der Waals surface area contributed by atoms with E-state index < -0.39 is 0 Å². The van der Waals surface area contributed by atoms with Crippen LogP contribution in [0.25, 0.3) is 0 Å². The van der Waals surface area contributed by atoms with Gasteiger partial charge in [-0.3, -0.25) is 0 Å². The second-order valence-electron chi connectivity index (χ2n) is 7.32. The Hall–Kier alpha value is -2.11. The van der Waals surface area contributed by atoms with Gasteiger partial charge in [0.2, 0.25) is 0 Å². The van der Waals surface area contributed by atoms with Gasteiger partial charge in [0.25, 0.3) is 0 Å². The number of nitrogens with zero attached hydrogens (tertiary/aromatic N) is 1. The SMILES string of the molecule is CCc1ccc(CN(CC2CCCO2)C(=S)Nc2ccc(C)cc2OC)cc1. The van der Waals surface area contributed by atoms with E-state index in [2.05, 4.69) is 47.5 Å². The molecule has 0 saturated carbocycles. The third kappa shape index (κ3) is 5.46. The summed E-state index contributed by atoms with van der Waals surface area (Å²) in [4.78, 5) is 2.20. The lowest BCUT2D eigenvalue weighted by atomic mass is 10.1. The first kappa shape index (κ1) is 20.6. The van der Waals surface area contributed by atoms with E-state index in [-0.39, 0.29) is 6.10 Å². The Bertz CT molecular complexity index is 786. The molecule has 28 heavy (non-hydrogen) atoms. The highest BCUT2D eigenvalue weighted by atomic mass is 32.1. The molecular weight excluding hydrogens is 368 g/mol. The number of ether oxygens (including phenoxy) is 2. The minimum atomic E-state index is 0.231. The van der Waals surface area contributed by atoms with E-state index in [1.54, 1.807) is 7.11 Å². The van der Waals surface area contributed by atoms with E-state index in [0.29, 0.717) is 5.11 Å². The van der Waals surface area contributed by atoms with E-state index in [1.165, 1.54) is 11.1 Å². The van der Waals surface area contributed by atoms with Crippen molar-refractivity contribution in [1.29, 1.82) is 0 Å². The van der Waals surface area contributed by atoms with Crippen LogP contribution in [0.2, 0.25) is 0 Å². The van der Waals surface area contributed by atoms with Crippen molar-refractivity contribution in [3.8, 4) is 5.75 Å². The Morgan fingerprint density at radius 3 is 2.61 bits per heavy atom. The molecule has 150 valence electrons. The van der Waals surface area contributed by atoms with Gasteiger partial charge in [-0.2, -0.15) is 0 Å². The van der Waals surface area contributed by atoms with Crippen molar-refractivity contribution in [2.45, 2.75) is 45.8 Å². The van der Waals surface area contributed by atoms with Crippen molar-refractivity contribution in [2.24, 2.45) is 0 Å². The van der Waals surface area contributed by atoms with Crippen LogP contribution in [0.4, 0.5) is 5.69 Å². The van der Waals surface area contributed by atoms with E-state index in [1.807, 2.05) is 19.1 Å². The minimum Gasteiger partial charge on any atom is -0.495 e. The molecule has 1 atom stereocenters. The molecule has 3 rings (SSSR count). The lowest BCUT2D eigenvalue weighted by molar-refractivity contribution is 0.0905. The molecule has 2 aromatic carbocycles. The minimum absolute atomic E-state index is 0.231. The van der Waals surface area contributed by atoms with Crippen LogP contribution in [0.15, 0.2) is 42.5 Å². The van der Waals surface area contributed by atoms with Crippen LogP contribution in [-0.4, -0.2) is 36.4 Å². The average molecular weight is 399 g/mol. The number of aryl methyl sites for hydroxylation is 2. The van der Waals surface area contributed by atoms with Crippen LogP contribution < -0.4 is 10.1 Å². The van der Waals surface area contributed by atoms with Crippen LogP contribution in [0.1, 0.15) is 36.5 Å². The highest BCUT2D eigenvalue weighted by Crippen LogP contribution is 2.26. The van der Waals surface area contributed by atoms with Gasteiger partial charge in [0.1, 0.15) is 5.75 Å². The zero-order valence-electron chi connectivity index (χ0n) is 17.0. The van der Waals surface area contributed by atoms with Crippen molar-refractivity contribution in [2.75, 3.05) is 25.6 Å². The highest BCUT2D eigenvalue weighted by Gasteiger charge is 2.21. The zero-order valence-corrected chi connectivity index (χ0v) is 17.8. The molecule has 1 saturated heterocycles. The Labute approximate surface area is 173 Å². The molecule has 1 unspecified atom stereocenters. The van der Waals surface area contributed by atoms with E-state index in [9.17, 15) is 0 Å². The van der Waals surface area contributed by atoms with E-state index >= 15 is 0 Å². The van der Waals surface area contributed by atoms with Gasteiger partial charge < -0.3 is 19.7 Å². The first-order valence-electron chi connectivity index (χ1n) is 9.99. The molecule has 2 aromatic rings.